The van der Waals surface area contributed by atoms with Crippen molar-refractivity contribution in [2.75, 3.05) is 0 Å². The van der Waals surface area contributed by atoms with Crippen LogP contribution in [0.25, 0.3) is 11.0 Å². The molecule has 3 aromatic rings. The SMILES string of the molecule is CC(Cl)c1nc2c(C#N)cccc2n1Cc1ncn(C)n1. The van der Waals surface area contributed by atoms with Crippen LogP contribution in [0.4, 0.5) is 0 Å². The average molecular weight is 301 g/mol. The highest BCUT2D eigenvalue weighted by molar-refractivity contribution is 6.20. The highest BCUT2D eigenvalue weighted by Gasteiger charge is 2.18. The molecule has 0 amide bonds. The zero-order valence-corrected chi connectivity index (χ0v) is 12.4. The van der Waals surface area contributed by atoms with Crippen LogP contribution in [0.15, 0.2) is 24.5 Å². The van der Waals surface area contributed by atoms with E-state index in [1.807, 2.05) is 30.7 Å². The molecule has 0 aliphatic heterocycles. The Morgan fingerprint density at radius 2 is 2.24 bits per heavy atom. The van der Waals surface area contributed by atoms with Gasteiger partial charge in [0.25, 0.3) is 0 Å². The Balaban J connectivity index is 2.19. The number of para-hydroxylation sites is 1. The maximum Gasteiger partial charge on any atom is 0.170 e. The van der Waals surface area contributed by atoms with Crippen LogP contribution in [-0.2, 0) is 13.6 Å². The quantitative estimate of drug-likeness (QED) is 0.696. The Kier molecular flexibility index (Phi) is 3.35. The summed E-state index contributed by atoms with van der Waals surface area (Å²) in [6.07, 6.45) is 1.65. The van der Waals surface area contributed by atoms with Gasteiger partial charge in [-0.1, -0.05) is 6.07 Å². The number of fused-ring (bicyclic) bond motifs is 1. The average Bonchev–Trinajstić information content (AvgIpc) is 3.03. The molecular weight excluding hydrogens is 288 g/mol. The molecule has 1 atom stereocenters. The van der Waals surface area contributed by atoms with Gasteiger partial charge in [0.15, 0.2) is 5.82 Å². The lowest BCUT2D eigenvalue weighted by atomic mass is 10.2. The number of rotatable bonds is 3. The van der Waals surface area contributed by atoms with E-state index < -0.39 is 0 Å². The molecular formula is C14H13ClN6. The van der Waals surface area contributed by atoms with Gasteiger partial charge >= 0.3 is 0 Å². The number of imidazole rings is 1. The molecule has 0 saturated heterocycles. The molecule has 7 heteroatoms. The van der Waals surface area contributed by atoms with Crippen LogP contribution in [0.1, 0.15) is 29.5 Å². The van der Waals surface area contributed by atoms with E-state index in [1.54, 1.807) is 17.1 Å². The normalized spacial score (nSPS) is 12.5. The second kappa shape index (κ2) is 5.19. The van der Waals surface area contributed by atoms with Crippen molar-refractivity contribution < 1.29 is 0 Å². The maximum atomic E-state index is 9.21. The highest BCUT2D eigenvalue weighted by atomic mass is 35.5. The van der Waals surface area contributed by atoms with Gasteiger partial charge in [-0.25, -0.2) is 9.97 Å². The number of halogens is 1. The zero-order chi connectivity index (χ0) is 15.0. The van der Waals surface area contributed by atoms with Crippen LogP contribution in [-0.4, -0.2) is 24.3 Å². The number of nitrogens with zero attached hydrogens (tertiary/aromatic N) is 6. The van der Waals surface area contributed by atoms with Gasteiger partial charge in [0.2, 0.25) is 0 Å². The number of benzene rings is 1. The summed E-state index contributed by atoms with van der Waals surface area (Å²) in [5, 5.41) is 13.2. The van der Waals surface area contributed by atoms with Gasteiger partial charge in [-0.2, -0.15) is 10.4 Å². The molecule has 2 heterocycles. The van der Waals surface area contributed by atoms with Crippen LogP contribution in [0.2, 0.25) is 0 Å². The molecule has 0 spiro atoms. The Morgan fingerprint density at radius 1 is 1.43 bits per heavy atom. The molecule has 1 unspecified atom stereocenters. The third-order valence-electron chi connectivity index (χ3n) is 3.23. The number of hydrogen-bond donors (Lipinski definition) is 0. The maximum absolute atomic E-state index is 9.21. The summed E-state index contributed by atoms with van der Waals surface area (Å²) in [6.45, 7) is 2.33. The van der Waals surface area contributed by atoms with E-state index >= 15 is 0 Å². The third-order valence-corrected chi connectivity index (χ3v) is 3.43. The standard InChI is InChI=1S/C14H13ClN6/c1-9(15)14-18-13-10(6-16)4-3-5-11(13)21(14)7-12-17-8-20(2)19-12/h3-5,8-9H,7H2,1-2H3. The number of aromatic nitrogens is 5. The lowest BCUT2D eigenvalue weighted by Crippen LogP contribution is -2.07. The van der Waals surface area contributed by atoms with Crippen molar-refractivity contribution in [2.24, 2.45) is 7.05 Å². The van der Waals surface area contributed by atoms with E-state index in [2.05, 4.69) is 21.1 Å². The van der Waals surface area contributed by atoms with Gasteiger partial charge in [-0.05, 0) is 19.1 Å². The molecule has 0 radical (unpaired) electrons. The van der Waals surface area contributed by atoms with Gasteiger partial charge in [0.05, 0.1) is 23.0 Å². The van der Waals surface area contributed by atoms with Gasteiger partial charge in [0, 0.05) is 7.05 Å². The van der Waals surface area contributed by atoms with Crippen molar-refractivity contribution in [2.45, 2.75) is 18.8 Å². The fourth-order valence-electron chi connectivity index (χ4n) is 2.32. The molecule has 2 aromatic heterocycles. The van der Waals surface area contributed by atoms with Crippen LogP contribution in [0.3, 0.4) is 0 Å². The first-order valence-electron chi connectivity index (χ1n) is 6.48. The number of aryl methyl sites for hydroxylation is 1. The predicted molar refractivity (Wildman–Crippen MR) is 78.8 cm³/mol. The highest BCUT2D eigenvalue weighted by Crippen LogP contribution is 2.26. The molecule has 0 N–H and O–H groups in total. The molecule has 0 aliphatic carbocycles. The van der Waals surface area contributed by atoms with Crippen molar-refractivity contribution in [3.8, 4) is 6.07 Å². The second-order valence-corrected chi connectivity index (χ2v) is 5.45. The van der Waals surface area contributed by atoms with E-state index in [1.165, 1.54) is 0 Å². The summed E-state index contributed by atoms with van der Waals surface area (Å²) in [5.74, 6) is 1.39. The molecule has 6 nitrogen and oxygen atoms in total. The molecule has 0 bridgehead atoms. The summed E-state index contributed by atoms with van der Waals surface area (Å²) < 4.78 is 3.61. The predicted octanol–water partition coefficient (Wildman–Crippen LogP) is 2.38. The molecule has 3 rings (SSSR count). The molecule has 1 aromatic carbocycles. The first-order valence-corrected chi connectivity index (χ1v) is 6.91. The summed E-state index contributed by atoms with van der Waals surface area (Å²) in [6, 6.07) is 7.68. The lowest BCUT2D eigenvalue weighted by Gasteiger charge is -2.08. The summed E-state index contributed by atoms with van der Waals surface area (Å²) in [5.41, 5.74) is 2.07. The number of nitriles is 1. The Bertz CT molecular complexity index is 839. The van der Waals surface area contributed by atoms with Gasteiger partial charge < -0.3 is 4.57 Å². The van der Waals surface area contributed by atoms with Crippen LogP contribution >= 0.6 is 11.6 Å². The minimum atomic E-state index is -0.271. The first kappa shape index (κ1) is 13.6. The first-order chi connectivity index (χ1) is 10.1. The van der Waals surface area contributed by atoms with E-state index in [4.69, 9.17) is 11.6 Å². The second-order valence-electron chi connectivity index (χ2n) is 4.79. The van der Waals surface area contributed by atoms with Crippen molar-refractivity contribution in [3.05, 3.63) is 41.7 Å². The van der Waals surface area contributed by atoms with Gasteiger partial charge in [0.1, 0.15) is 23.7 Å². The zero-order valence-electron chi connectivity index (χ0n) is 11.7. The summed E-state index contributed by atoms with van der Waals surface area (Å²) in [7, 11) is 1.82. The van der Waals surface area contributed by atoms with Crippen LogP contribution in [0, 0.1) is 11.3 Å². The Morgan fingerprint density at radius 3 is 2.86 bits per heavy atom. The summed E-state index contributed by atoms with van der Waals surface area (Å²) >= 11 is 6.23. The third kappa shape index (κ3) is 2.36. The number of hydrogen-bond acceptors (Lipinski definition) is 4. The molecule has 21 heavy (non-hydrogen) atoms. The monoisotopic (exact) mass is 300 g/mol. The fraction of sp³-hybridized carbons (Fsp3) is 0.286. The van der Waals surface area contributed by atoms with Crippen LogP contribution in [0.5, 0.6) is 0 Å². The molecule has 0 saturated carbocycles. The fourth-order valence-corrected chi connectivity index (χ4v) is 2.49. The minimum Gasteiger partial charge on any atom is -0.319 e. The molecule has 106 valence electrons. The lowest BCUT2D eigenvalue weighted by molar-refractivity contribution is 0.684. The van der Waals surface area contributed by atoms with Crippen molar-refractivity contribution in [1.82, 2.24) is 24.3 Å². The van der Waals surface area contributed by atoms with Gasteiger partial charge in [-0.3, -0.25) is 4.68 Å². The molecule has 0 fully saturated rings. The minimum absolute atomic E-state index is 0.271. The van der Waals surface area contributed by atoms with E-state index in [0.717, 1.165) is 5.52 Å². The van der Waals surface area contributed by atoms with Gasteiger partial charge in [-0.15, -0.1) is 11.6 Å². The summed E-state index contributed by atoms with van der Waals surface area (Å²) in [4.78, 5) is 8.77. The number of alkyl halides is 1. The smallest absolute Gasteiger partial charge is 0.170 e. The van der Waals surface area contributed by atoms with Crippen LogP contribution < -0.4 is 0 Å². The Hall–Kier alpha value is -2.39. The van der Waals surface area contributed by atoms with E-state index in [-0.39, 0.29) is 5.38 Å². The van der Waals surface area contributed by atoms with Crippen molar-refractivity contribution in [3.63, 3.8) is 0 Å². The van der Waals surface area contributed by atoms with E-state index in [9.17, 15) is 5.26 Å². The van der Waals surface area contributed by atoms with Crippen molar-refractivity contribution in [1.29, 1.82) is 5.26 Å². The molecule has 0 aliphatic rings. The van der Waals surface area contributed by atoms with E-state index in [0.29, 0.717) is 29.3 Å². The Labute approximate surface area is 126 Å². The largest absolute Gasteiger partial charge is 0.319 e. The topological polar surface area (TPSA) is 72.3 Å². The van der Waals surface area contributed by atoms with Crippen molar-refractivity contribution >= 4 is 22.6 Å².